The Morgan fingerprint density at radius 2 is 1.50 bits per heavy atom. The predicted octanol–water partition coefficient (Wildman–Crippen LogP) is 3.58. The van der Waals surface area contributed by atoms with E-state index in [1.807, 2.05) is 79.4 Å². The minimum Gasteiger partial charge on any atom is -0.494 e. The van der Waals surface area contributed by atoms with Crippen molar-refractivity contribution < 1.29 is 14.3 Å². The second-order valence-electron chi connectivity index (χ2n) is 7.70. The van der Waals surface area contributed by atoms with Gasteiger partial charge in [-0.25, -0.2) is 0 Å². The second-order valence-corrected chi connectivity index (χ2v) is 7.70. The Labute approximate surface area is 188 Å². The van der Waals surface area contributed by atoms with Crippen molar-refractivity contribution in [3.63, 3.8) is 0 Å². The zero-order valence-corrected chi connectivity index (χ0v) is 18.5. The lowest BCUT2D eigenvalue weighted by Gasteiger charge is -2.35. The van der Waals surface area contributed by atoms with Crippen molar-refractivity contribution in [2.75, 3.05) is 44.3 Å². The molecule has 2 heterocycles. The summed E-state index contributed by atoms with van der Waals surface area (Å²) in [7, 11) is 0. The average molecular weight is 433 g/mol. The number of nitrogens with zero attached hydrogens (tertiary/aromatic N) is 4. The molecule has 1 amide bonds. The van der Waals surface area contributed by atoms with E-state index >= 15 is 0 Å². The molecule has 7 nitrogen and oxygen atoms in total. The number of aromatic nitrogens is 2. The van der Waals surface area contributed by atoms with Gasteiger partial charge in [0.05, 0.1) is 12.3 Å². The van der Waals surface area contributed by atoms with E-state index in [4.69, 9.17) is 9.47 Å². The zero-order valence-electron chi connectivity index (χ0n) is 18.5. The first-order chi connectivity index (χ1) is 15.6. The van der Waals surface area contributed by atoms with Crippen molar-refractivity contribution in [1.29, 1.82) is 0 Å². The number of hydrogen-bond donors (Lipinski definition) is 0. The Morgan fingerprint density at radius 3 is 2.12 bits per heavy atom. The molecule has 0 atom stereocenters. The summed E-state index contributed by atoms with van der Waals surface area (Å²) >= 11 is 0. The van der Waals surface area contributed by atoms with Crippen molar-refractivity contribution in [3.8, 4) is 22.8 Å². The third kappa shape index (κ3) is 5.35. The maximum atomic E-state index is 12.5. The van der Waals surface area contributed by atoms with Crippen LogP contribution in [0.15, 0.2) is 60.7 Å². The van der Waals surface area contributed by atoms with Crippen molar-refractivity contribution in [2.24, 2.45) is 0 Å². The van der Waals surface area contributed by atoms with Gasteiger partial charge in [0, 0.05) is 31.7 Å². The van der Waals surface area contributed by atoms with Crippen LogP contribution < -0.4 is 14.4 Å². The molecule has 32 heavy (non-hydrogen) atoms. The van der Waals surface area contributed by atoms with Crippen LogP contribution in [0.2, 0.25) is 0 Å². The number of rotatable bonds is 7. The Balaban J connectivity index is 1.28. The van der Waals surface area contributed by atoms with E-state index in [9.17, 15) is 4.79 Å². The molecule has 0 spiro atoms. The molecule has 1 saturated heterocycles. The molecule has 7 heteroatoms. The Morgan fingerprint density at radius 1 is 0.844 bits per heavy atom. The lowest BCUT2D eigenvalue weighted by Crippen LogP contribution is -2.50. The van der Waals surface area contributed by atoms with Crippen LogP contribution in [0, 0.1) is 6.92 Å². The molecular weight excluding hydrogens is 404 g/mol. The Bertz CT molecular complexity index is 1010. The second kappa shape index (κ2) is 10.1. The standard InChI is InChI=1S/C25H28N4O3/c1-3-31-21-10-6-20(7-11-21)23-12-13-24(27-26-23)28-14-16-29(17-15-28)25(30)18-32-22-8-4-19(2)5-9-22/h4-13H,3,14-18H2,1-2H3. The summed E-state index contributed by atoms with van der Waals surface area (Å²) in [6.07, 6.45) is 0. The molecule has 1 fully saturated rings. The van der Waals surface area contributed by atoms with Gasteiger partial charge in [0.2, 0.25) is 0 Å². The van der Waals surface area contributed by atoms with Crippen molar-refractivity contribution in [2.45, 2.75) is 13.8 Å². The van der Waals surface area contributed by atoms with Gasteiger partial charge >= 0.3 is 0 Å². The fourth-order valence-corrected chi connectivity index (χ4v) is 3.59. The molecule has 0 aliphatic carbocycles. The summed E-state index contributed by atoms with van der Waals surface area (Å²) in [5.74, 6) is 2.38. The molecule has 2 aromatic carbocycles. The number of piperazine rings is 1. The first kappa shape index (κ1) is 21.6. The SMILES string of the molecule is CCOc1ccc(-c2ccc(N3CCN(C(=O)COc4ccc(C)cc4)CC3)nn2)cc1. The molecule has 0 saturated carbocycles. The van der Waals surface area contributed by atoms with Crippen LogP contribution >= 0.6 is 0 Å². The van der Waals surface area contributed by atoms with E-state index in [2.05, 4.69) is 15.1 Å². The normalized spacial score (nSPS) is 13.7. The van der Waals surface area contributed by atoms with Crippen molar-refractivity contribution in [3.05, 3.63) is 66.2 Å². The number of carbonyl (C=O) groups is 1. The molecule has 166 valence electrons. The smallest absolute Gasteiger partial charge is 0.260 e. The zero-order chi connectivity index (χ0) is 22.3. The predicted molar refractivity (Wildman–Crippen MR) is 124 cm³/mol. The molecular formula is C25H28N4O3. The number of hydrogen-bond acceptors (Lipinski definition) is 6. The fourth-order valence-electron chi connectivity index (χ4n) is 3.59. The number of aryl methyl sites for hydroxylation is 1. The number of anilines is 1. The summed E-state index contributed by atoms with van der Waals surface area (Å²) in [5, 5.41) is 8.80. The molecule has 0 bridgehead atoms. The van der Waals surface area contributed by atoms with Gasteiger partial charge in [0.1, 0.15) is 11.5 Å². The van der Waals surface area contributed by atoms with Gasteiger partial charge in [-0.2, -0.15) is 0 Å². The van der Waals surface area contributed by atoms with E-state index in [0.717, 1.165) is 28.4 Å². The van der Waals surface area contributed by atoms with E-state index in [-0.39, 0.29) is 12.5 Å². The minimum absolute atomic E-state index is 0.00200. The van der Waals surface area contributed by atoms with Gasteiger partial charge in [0.25, 0.3) is 5.91 Å². The van der Waals surface area contributed by atoms with Gasteiger partial charge in [-0.15, -0.1) is 10.2 Å². The van der Waals surface area contributed by atoms with Crippen molar-refractivity contribution in [1.82, 2.24) is 15.1 Å². The van der Waals surface area contributed by atoms with Gasteiger partial charge < -0.3 is 19.3 Å². The van der Waals surface area contributed by atoms with Crippen LogP contribution in [0.5, 0.6) is 11.5 Å². The topological polar surface area (TPSA) is 67.8 Å². The van der Waals surface area contributed by atoms with Crippen LogP contribution in [0.25, 0.3) is 11.3 Å². The highest BCUT2D eigenvalue weighted by molar-refractivity contribution is 5.78. The van der Waals surface area contributed by atoms with E-state index in [1.54, 1.807) is 0 Å². The van der Waals surface area contributed by atoms with Crippen molar-refractivity contribution >= 4 is 11.7 Å². The summed E-state index contributed by atoms with van der Waals surface area (Å²) in [6.45, 7) is 7.39. The molecule has 1 aliphatic rings. The van der Waals surface area contributed by atoms with Gasteiger partial charge in [0.15, 0.2) is 12.4 Å². The largest absolute Gasteiger partial charge is 0.494 e. The highest BCUT2D eigenvalue weighted by atomic mass is 16.5. The third-order valence-electron chi connectivity index (χ3n) is 5.45. The maximum absolute atomic E-state index is 12.5. The van der Waals surface area contributed by atoms with Crippen LogP contribution in [0.4, 0.5) is 5.82 Å². The Hall–Kier alpha value is -3.61. The van der Waals surface area contributed by atoms with Crippen LogP contribution in [0.3, 0.4) is 0 Å². The van der Waals surface area contributed by atoms with Gasteiger partial charge in [-0.1, -0.05) is 17.7 Å². The molecule has 0 N–H and O–H groups in total. The summed E-state index contributed by atoms with van der Waals surface area (Å²) in [6, 6.07) is 19.5. The number of carbonyl (C=O) groups excluding carboxylic acids is 1. The first-order valence-corrected chi connectivity index (χ1v) is 10.9. The quantitative estimate of drug-likeness (QED) is 0.569. The molecule has 1 aromatic heterocycles. The first-order valence-electron chi connectivity index (χ1n) is 10.9. The molecule has 3 aromatic rings. The number of benzene rings is 2. The molecule has 4 rings (SSSR count). The minimum atomic E-state index is 0.00200. The van der Waals surface area contributed by atoms with Crippen LogP contribution in [0.1, 0.15) is 12.5 Å². The van der Waals surface area contributed by atoms with Crippen LogP contribution in [-0.2, 0) is 4.79 Å². The van der Waals surface area contributed by atoms with E-state index < -0.39 is 0 Å². The third-order valence-corrected chi connectivity index (χ3v) is 5.45. The summed E-state index contributed by atoms with van der Waals surface area (Å²) in [4.78, 5) is 16.5. The molecule has 0 unspecified atom stereocenters. The molecule has 0 radical (unpaired) electrons. The van der Waals surface area contributed by atoms with Gasteiger partial charge in [-0.3, -0.25) is 4.79 Å². The number of amides is 1. The van der Waals surface area contributed by atoms with E-state index in [0.29, 0.717) is 38.5 Å². The lowest BCUT2D eigenvalue weighted by molar-refractivity contribution is -0.133. The fraction of sp³-hybridized carbons (Fsp3) is 0.320. The number of ether oxygens (including phenoxy) is 2. The highest BCUT2D eigenvalue weighted by Gasteiger charge is 2.22. The molecule has 1 aliphatic heterocycles. The monoisotopic (exact) mass is 432 g/mol. The van der Waals surface area contributed by atoms with Crippen LogP contribution in [-0.4, -0.2) is 60.4 Å². The average Bonchev–Trinajstić information content (AvgIpc) is 2.84. The maximum Gasteiger partial charge on any atom is 0.260 e. The van der Waals surface area contributed by atoms with Gasteiger partial charge in [-0.05, 0) is 62.4 Å². The summed E-state index contributed by atoms with van der Waals surface area (Å²) in [5.41, 5.74) is 2.98. The Kier molecular flexibility index (Phi) is 6.84. The van der Waals surface area contributed by atoms with E-state index in [1.165, 1.54) is 0 Å². The lowest BCUT2D eigenvalue weighted by atomic mass is 10.1. The highest BCUT2D eigenvalue weighted by Crippen LogP contribution is 2.22. The summed E-state index contributed by atoms with van der Waals surface area (Å²) < 4.78 is 11.1.